The third kappa shape index (κ3) is 5.34. The number of anilines is 2. The predicted molar refractivity (Wildman–Crippen MR) is 126 cm³/mol. The van der Waals surface area contributed by atoms with Crippen LogP contribution in [0.4, 0.5) is 11.4 Å². The molecule has 0 aliphatic carbocycles. The van der Waals surface area contributed by atoms with E-state index in [0.29, 0.717) is 23.5 Å². The SMILES string of the molecule is CCOc1ccc(NC(=O)c2ccccc2NC(=O)CN2CCc3ccccc3C2)cc1. The topological polar surface area (TPSA) is 70.7 Å². The molecule has 0 aromatic heterocycles. The molecule has 6 heteroatoms. The van der Waals surface area contributed by atoms with E-state index in [-0.39, 0.29) is 18.4 Å². The molecule has 3 aromatic rings. The van der Waals surface area contributed by atoms with E-state index in [0.717, 1.165) is 25.3 Å². The highest BCUT2D eigenvalue weighted by Crippen LogP contribution is 2.21. The first-order valence-corrected chi connectivity index (χ1v) is 10.8. The van der Waals surface area contributed by atoms with Crippen LogP contribution in [0, 0.1) is 0 Å². The zero-order valence-corrected chi connectivity index (χ0v) is 18.1. The number of ether oxygens (including phenoxy) is 1. The molecule has 0 radical (unpaired) electrons. The van der Waals surface area contributed by atoms with Crippen molar-refractivity contribution in [1.82, 2.24) is 4.90 Å². The maximum absolute atomic E-state index is 12.9. The number of rotatable bonds is 7. The first-order chi connectivity index (χ1) is 15.6. The summed E-state index contributed by atoms with van der Waals surface area (Å²) < 4.78 is 5.43. The van der Waals surface area contributed by atoms with Gasteiger partial charge in [0, 0.05) is 18.8 Å². The van der Waals surface area contributed by atoms with E-state index >= 15 is 0 Å². The van der Waals surface area contributed by atoms with E-state index in [1.54, 1.807) is 36.4 Å². The molecule has 0 bridgehead atoms. The Balaban J connectivity index is 1.38. The van der Waals surface area contributed by atoms with Crippen molar-refractivity contribution in [2.45, 2.75) is 19.9 Å². The highest BCUT2D eigenvalue weighted by Gasteiger charge is 2.19. The number of amides is 2. The van der Waals surface area contributed by atoms with Gasteiger partial charge in [0.25, 0.3) is 5.91 Å². The molecule has 4 rings (SSSR count). The summed E-state index contributed by atoms with van der Waals surface area (Å²) in [6, 6.07) is 22.6. The second kappa shape index (κ2) is 10.1. The minimum absolute atomic E-state index is 0.134. The van der Waals surface area contributed by atoms with E-state index in [2.05, 4.69) is 33.7 Å². The lowest BCUT2D eigenvalue weighted by Gasteiger charge is -2.28. The molecular formula is C26H27N3O3. The number of benzene rings is 3. The monoisotopic (exact) mass is 429 g/mol. The molecule has 0 atom stereocenters. The number of fused-ring (bicyclic) bond motifs is 1. The fourth-order valence-corrected chi connectivity index (χ4v) is 3.87. The molecule has 0 spiro atoms. The van der Waals surface area contributed by atoms with Gasteiger partial charge in [0.2, 0.25) is 5.91 Å². The Morgan fingerprint density at radius 3 is 2.41 bits per heavy atom. The summed E-state index contributed by atoms with van der Waals surface area (Å²) >= 11 is 0. The van der Waals surface area contributed by atoms with Crippen LogP contribution in [-0.2, 0) is 17.8 Å². The number of hydrogen-bond donors (Lipinski definition) is 2. The number of para-hydroxylation sites is 1. The molecular weight excluding hydrogens is 402 g/mol. The maximum Gasteiger partial charge on any atom is 0.257 e. The Morgan fingerprint density at radius 2 is 1.62 bits per heavy atom. The summed E-state index contributed by atoms with van der Waals surface area (Å²) in [6.07, 6.45) is 0.935. The number of nitrogens with one attached hydrogen (secondary N) is 2. The predicted octanol–water partition coefficient (Wildman–Crippen LogP) is 4.33. The highest BCUT2D eigenvalue weighted by atomic mass is 16.5. The van der Waals surface area contributed by atoms with Gasteiger partial charge in [-0.3, -0.25) is 14.5 Å². The number of carbonyl (C=O) groups excluding carboxylic acids is 2. The van der Waals surface area contributed by atoms with Crippen molar-refractivity contribution in [3.63, 3.8) is 0 Å². The number of nitrogens with zero attached hydrogens (tertiary/aromatic N) is 1. The molecule has 2 amide bonds. The van der Waals surface area contributed by atoms with Gasteiger partial charge in [-0.2, -0.15) is 0 Å². The third-order valence-electron chi connectivity index (χ3n) is 5.45. The highest BCUT2D eigenvalue weighted by molar-refractivity contribution is 6.10. The molecule has 0 saturated carbocycles. The maximum atomic E-state index is 12.9. The first kappa shape index (κ1) is 21.6. The van der Waals surface area contributed by atoms with Crippen LogP contribution in [-0.4, -0.2) is 36.4 Å². The van der Waals surface area contributed by atoms with Crippen molar-refractivity contribution in [3.8, 4) is 5.75 Å². The van der Waals surface area contributed by atoms with E-state index in [1.807, 2.05) is 25.1 Å². The van der Waals surface area contributed by atoms with Gasteiger partial charge in [-0.05, 0) is 60.9 Å². The molecule has 0 unspecified atom stereocenters. The van der Waals surface area contributed by atoms with Crippen LogP contribution in [0.15, 0.2) is 72.8 Å². The lowest BCUT2D eigenvalue weighted by Crippen LogP contribution is -2.37. The van der Waals surface area contributed by atoms with Gasteiger partial charge in [-0.1, -0.05) is 36.4 Å². The van der Waals surface area contributed by atoms with Gasteiger partial charge < -0.3 is 15.4 Å². The smallest absolute Gasteiger partial charge is 0.257 e. The van der Waals surface area contributed by atoms with Crippen LogP contribution in [0.2, 0.25) is 0 Å². The molecule has 0 fully saturated rings. The van der Waals surface area contributed by atoms with Crippen LogP contribution in [0.25, 0.3) is 0 Å². The Bertz CT molecular complexity index is 1100. The second-order valence-corrected chi connectivity index (χ2v) is 7.73. The van der Waals surface area contributed by atoms with Gasteiger partial charge in [0.05, 0.1) is 24.4 Å². The number of carbonyl (C=O) groups is 2. The minimum atomic E-state index is -0.281. The molecule has 32 heavy (non-hydrogen) atoms. The molecule has 6 nitrogen and oxygen atoms in total. The van der Waals surface area contributed by atoms with E-state index < -0.39 is 0 Å². The van der Waals surface area contributed by atoms with Gasteiger partial charge in [0.15, 0.2) is 0 Å². The summed E-state index contributed by atoms with van der Waals surface area (Å²) in [5, 5.41) is 5.79. The van der Waals surface area contributed by atoms with Gasteiger partial charge in [-0.25, -0.2) is 0 Å². The van der Waals surface area contributed by atoms with E-state index in [4.69, 9.17) is 4.74 Å². The minimum Gasteiger partial charge on any atom is -0.494 e. The summed E-state index contributed by atoms with van der Waals surface area (Å²) in [4.78, 5) is 27.7. The van der Waals surface area contributed by atoms with Crippen molar-refractivity contribution in [2.75, 3.05) is 30.3 Å². The Kier molecular flexibility index (Phi) is 6.82. The normalized spacial score (nSPS) is 13.2. The van der Waals surface area contributed by atoms with Crippen LogP contribution in [0.3, 0.4) is 0 Å². The fraction of sp³-hybridized carbons (Fsp3) is 0.231. The Morgan fingerprint density at radius 1 is 0.906 bits per heavy atom. The Labute approximate surface area is 188 Å². The third-order valence-corrected chi connectivity index (χ3v) is 5.45. The molecule has 1 heterocycles. The van der Waals surface area contributed by atoms with E-state index in [9.17, 15) is 9.59 Å². The van der Waals surface area contributed by atoms with Crippen molar-refractivity contribution in [3.05, 3.63) is 89.5 Å². The van der Waals surface area contributed by atoms with Crippen molar-refractivity contribution in [1.29, 1.82) is 0 Å². The van der Waals surface area contributed by atoms with Crippen LogP contribution < -0.4 is 15.4 Å². The molecule has 1 aliphatic rings. The van der Waals surface area contributed by atoms with Crippen LogP contribution >= 0.6 is 0 Å². The average molecular weight is 430 g/mol. The zero-order chi connectivity index (χ0) is 22.3. The molecule has 164 valence electrons. The molecule has 1 aliphatic heterocycles. The lowest BCUT2D eigenvalue weighted by atomic mass is 10.00. The summed E-state index contributed by atoms with van der Waals surface area (Å²) in [6.45, 7) is 4.38. The lowest BCUT2D eigenvalue weighted by molar-refractivity contribution is -0.117. The average Bonchev–Trinajstić information content (AvgIpc) is 2.81. The van der Waals surface area contributed by atoms with Crippen molar-refractivity contribution < 1.29 is 14.3 Å². The standard InChI is InChI=1S/C26H27N3O3/c1-2-32-22-13-11-21(12-14-22)27-26(31)23-9-5-6-10-24(23)28-25(30)18-29-16-15-19-7-3-4-8-20(19)17-29/h3-14H,2,15-18H2,1H3,(H,27,31)(H,28,30). The number of hydrogen-bond acceptors (Lipinski definition) is 4. The molecule has 0 saturated heterocycles. The molecule has 2 N–H and O–H groups in total. The fourth-order valence-electron chi connectivity index (χ4n) is 3.87. The van der Waals surface area contributed by atoms with Crippen LogP contribution in [0.5, 0.6) is 5.75 Å². The first-order valence-electron chi connectivity index (χ1n) is 10.8. The van der Waals surface area contributed by atoms with Gasteiger partial charge in [0.1, 0.15) is 5.75 Å². The Hall–Kier alpha value is -3.64. The van der Waals surface area contributed by atoms with Gasteiger partial charge in [-0.15, -0.1) is 0 Å². The summed E-state index contributed by atoms with van der Waals surface area (Å²) in [7, 11) is 0. The van der Waals surface area contributed by atoms with Crippen molar-refractivity contribution in [2.24, 2.45) is 0 Å². The second-order valence-electron chi connectivity index (χ2n) is 7.73. The quantitative estimate of drug-likeness (QED) is 0.586. The summed E-state index contributed by atoms with van der Waals surface area (Å²) in [5.74, 6) is 0.334. The largest absolute Gasteiger partial charge is 0.494 e. The van der Waals surface area contributed by atoms with Crippen molar-refractivity contribution >= 4 is 23.2 Å². The van der Waals surface area contributed by atoms with Gasteiger partial charge >= 0.3 is 0 Å². The summed E-state index contributed by atoms with van der Waals surface area (Å²) in [5.41, 5.74) is 4.19. The molecule has 3 aromatic carbocycles. The zero-order valence-electron chi connectivity index (χ0n) is 18.1. The van der Waals surface area contributed by atoms with Crippen LogP contribution in [0.1, 0.15) is 28.4 Å². The van der Waals surface area contributed by atoms with E-state index in [1.165, 1.54) is 11.1 Å².